The predicted molar refractivity (Wildman–Crippen MR) is 96.1 cm³/mol. The highest BCUT2D eigenvalue weighted by molar-refractivity contribution is 5.85. The number of likely N-dealkylation sites (tertiary alicyclic amines) is 1. The number of nitrogens with zero attached hydrogens (tertiary/aromatic N) is 2. The van der Waals surface area contributed by atoms with E-state index in [1.54, 1.807) is 4.90 Å². The van der Waals surface area contributed by atoms with Crippen molar-refractivity contribution >= 4 is 11.8 Å². The Morgan fingerprint density at radius 2 is 2.00 bits per heavy atom. The van der Waals surface area contributed by atoms with Crippen molar-refractivity contribution in [1.82, 2.24) is 9.80 Å². The monoisotopic (exact) mass is 344 g/mol. The minimum atomic E-state index is 0.0617. The molecular weight excluding hydrogens is 316 g/mol. The van der Waals surface area contributed by atoms with E-state index in [1.165, 1.54) is 5.56 Å². The summed E-state index contributed by atoms with van der Waals surface area (Å²) in [5, 5.41) is 0. The first-order valence-electron chi connectivity index (χ1n) is 9.43. The Bertz CT molecular complexity index is 576. The quantitative estimate of drug-likeness (QED) is 0.795. The lowest BCUT2D eigenvalue weighted by atomic mass is 10.0. The van der Waals surface area contributed by atoms with E-state index < -0.39 is 0 Å². The van der Waals surface area contributed by atoms with Gasteiger partial charge in [-0.3, -0.25) is 9.59 Å². The molecule has 2 aliphatic heterocycles. The van der Waals surface area contributed by atoms with Crippen LogP contribution in [0, 0.1) is 0 Å². The molecule has 5 nitrogen and oxygen atoms in total. The number of amides is 2. The Morgan fingerprint density at radius 1 is 1.16 bits per heavy atom. The minimum Gasteiger partial charge on any atom is -0.375 e. The molecule has 2 fully saturated rings. The number of ether oxygens (including phenoxy) is 1. The maximum atomic E-state index is 12.5. The summed E-state index contributed by atoms with van der Waals surface area (Å²) in [6, 6.07) is 10.5. The highest BCUT2D eigenvalue weighted by atomic mass is 16.5. The maximum Gasteiger partial charge on any atom is 0.242 e. The summed E-state index contributed by atoms with van der Waals surface area (Å²) in [4.78, 5) is 28.0. The van der Waals surface area contributed by atoms with Gasteiger partial charge in [-0.15, -0.1) is 0 Å². The van der Waals surface area contributed by atoms with Crippen molar-refractivity contribution in [2.24, 2.45) is 0 Å². The fourth-order valence-corrected chi connectivity index (χ4v) is 3.59. The SMILES string of the molecule is O=C1CCCCN1CC(=O)N1CCO[C@H](CCCc2ccccc2)C1. The van der Waals surface area contributed by atoms with E-state index >= 15 is 0 Å². The van der Waals surface area contributed by atoms with Crippen LogP contribution < -0.4 is 0 Å². The zero-order valence-corrected chi connectivity index (χ0v) is 14.9. The van der Waals surface area contributed by atoms with Crippen molar-refractivity contribution in [3.05, 3.63) is 35.9 Å². The zero-order chi connectivity index (χ0) is 17.5. The Kier molecular flexibility index (Phi) is 6.45. The first kappa shape index (κ1) is 17.9. The number of hydrogen-bond acceptors (Lipinski definition) is 3. The third-order valence-corrected chi connectivity index (χ3v) is 5.07. The molecule has 1 aromatic carbocycles. The van der Waals surface area contributed by atoms with Crippen LogP contribution in [0.4, 0.5) is 0 Å². The van der Waals surface area contributed by atoms with Crippen molar-refractivity contribution in [3.8, 4) is 0 Å². The summed E-state index contributed by atoms with van der Waals surface area (Å²) < 4.78 is 5.83. The van der Waals surface area contributed by atoms with Crippen LogP contribution in [0.3, 0.4) is 0 Å². The van der Waals surface area contributed by atoms with Gasteiger partial charge in [0.05, 0.1) is 19.3 Å². The number of aryl methyl sites for hydroxylation is 1. The van der Waals surface area contributed by atoms with Gasteiger partial charge in [-0.1, -0.05) is 30.3 Å². The average molecular weight is 344 g/mol. The molecule has 2 amide bonds. The third-order valence-electron chi connectivity index (χ3n) is 5.07. The molecule has 0 spiro atoms. The Hall–Kier alpha value is -1.88. The zero-order valence-electron chi connectivity index (χ0n) is 14.9. The number of rotatable bonds is 6. The van der Waals surface area contributed by atoms with Crippen LogP contribution in [0.1, 0.15) is 37.7 Å². The first-order valence-corrected chi connectivity index (χ1v) is 9.43. The molecule has 0 unspecified atom stereocenters. The third kappa shape index (κ3) is 5.30. The van der Waals surface area contributed by atoms with Crippen LogP contribution in [0.2, 0.25) is 0 Å². The normalized spacial score (nSPS) is 21.4. The van der Waals surface area contributed by atoms with Crippen LogP contribution >= 0.6 is 0 Å². The van der Waals surface area contributed by atoms with Gasteiger partial charge >= 0.3 is 0 Å². The van der Waals surface area contributed by atoms with Gasteiger partial charge in [-0.25, -0.2) is 0 Å². The molecule has 2 aliphatic rings. The van der Waals surface area contributed by atoms with Crippen LogP contribution in [-0.4, -0.2) is 60.5 Å². The van der Waals surface area contributed by atoms with Gasteiger partial charge in [0.15, 0.2) is 0 Å². The predicted octanol–water partition coefficient (Wildman–Crippen LogP) is 2.25. The highest BCUT2D eigenvalue weighted by Crippen LogP contribution is 2.15. The van der Waals surface area contributed by atoms with E-state index in [9.17, 15) is 9.59 Å². The number of morpholine rings is 1. The van der Waals surface area contributed by atoms with Crippen LogP contribution in [0.15, 0.2) is 30.3 Å². The molecule has 1 atom stereocenters. The fourth-order valence-electron chi connectivity index (χ4n) is 3.59. The van der Waals surface area contributed by atoms with Crippen LogP contribution in [0.25, 0.3) is 0 Å². The summed E-state index contributed by atoms with van der Waals surface area (Å²) >= 11 is 0. The van der Waals surface area contributed by atoms with Crippen molar-refractivity contribution in [2.75, 3.05) is 32.8 Å². The lowest BCUT2D eigenvalue weighted by molar-refractivity contribution is -0.146. The second kappa shape index (κ2) is 8.99. The smallest absolute Gasteiger partial charge is 0.242 e. The standard InChI is InChI=1S/C20H28N2O3/c23-19-11-4-5-12-21(19)16-20(24)22-13-14-25-18(15-22)10-6-9-17-7-2-1-3-8-17/h1-3,7-8,18H,4-6,9-16H2/t18-/m1/s1. The molecule has 0 N–H and O–H groups in total. The fraction of sp³-hybridized carbons (Fsp3) is 0.600. The molecule has 2 saturated heterocycles. The van der Waals surface area contributed by atoms with Crippen LogP contribution in [-0.2, 0) is 20.7 Å². The number of carbonyl (C=O) groups excluding carboxylic acids is 2. The number of hydrogen-bond donors (Lipinski definition) is 0. The second-order valence-electron chi connectivity index (χ2n) is 6.98. The largest absolute Gasteiger partial charge is 0.375 e. The molecular formula is C20H28N2O3. The molecule has 1 aromatic rings. The molecule has 0 bridgehead atoms. The Labute approximate surface area is 149 Å². The van der Waals surface area contributed by atoms with Gasteiger partial charge in [-0.05, 0) is 37.7 Å². The van der Waals surface area contributed by atoms with E-state index in [1.807, 2.05) is 11.0 Å². The average Bonchev–Trinajstić information content (AvgIpc) is 2.65. The van der Waals surface area contributed by atoms with E-state index in [4.69, 9.17) is 4.74 Å². The van der Waals surface area contributed by atoms with Crippen molar-refractivity contribution < 1.29 is 14.3 Å². The van der Waals surface area contributed by atoms with Gasteiger partial charge in [0, 0.05) is 26.1 Å². The van der Waals surface area contributed by atoms with E-state index in [-0.39, 0.29) is 24.5 Å². The Morgan fingerprint density at radius 3 is 2.80 bits per heavy atom. The Balaban J connectivity index is 1.42. The molecule has 2 heterocycles. The molecule has 3 rings (SSSR count). The molecule has 136 valence electrons. The summed E-state index contributed by atoms with van der Waals surface area (Å²) in [5.41, 5.74) is 1.34. The molecule has 5 heteroatoms. The summed E-state index contributed by atoms with van der Waals surface area (Å²) in [6.45, 7) is 2.83. The maximum absolute atomic E-state index is 12.5. The molecule has 25 heavy (non-hydrogen) atoms. The molecule has 0 aliphatic carbocycles. The van der Waals surface area contributed by atoms with E-state index in [0.717, 1.165) is 38.6 Å². The lowest BCUT2D eigenvalue weighted by Crippen LogP contribution is -2.50. The number of piperidine rings is 1. The highest BCUT2D eigenvalue weighted by Gasteiger charge is 2.27. The van der Waals surface area contributed by atoms with Gasteiger partial charge in [0.1, 0.15) is 0 Å². The second-order valence-corrected chi connectivity index (χ2v) is 6.98. The lowest BCUT2D eigenvalue weighted by Gasteiger charge is -2.35. The van der Waals surface area contributed by atoms with Gasteiger partial charge in [0.2, 0.25) is 11.8 Å². The summed E-state index contributed by atoms with van der Waals surface area (Å²) in [7, 11) is 0. The molecule has 0 aromatic heterocycles. The van der Waals surface area contributed by atoms with Gasteiger partial charge in [0.25, 0.3) is 0 Å². The van der Waals surface area contributed by atoms with Crippen LogP contribution in [0.5, 0.6) is 0 Å². The van der Waals surface area contributed by atoms with E-state index in [2.05, 4.69) is 24.3 Å². The topological polar surface area (TPSA) is 49.9 Å². The van der Waals surface area contributed by atoms with E-state index in [0.29, 0.717) is 26.1 Å². The summed E-state index contributed by atoms with van der Waals surface area (Å²) in [5.74, 6) is 0.180. The van der Waals surface area contributed by atoms with Crippen molar-refractivity contribution in [2.45, 2.75) is 44.6 Å². The molecule has 0 radical (unpaired) electrons. The molecule has 0 saturated carbocycles. The van der Waals surface area contributed by atoms with Crippen molar-refractivity contribution in [1.29, 1.82) is 0 Å². The minimum absolute atomic E-state index is 0.0617. The van der Waals surface area contributed by atoms with Gasteiger partial charge < -0.3 is 14.5 Å². The van der Waals surface area contributed by atoms with Gasteiger partial charge in [-0.2, -0.15) is 0 Å². The summed E-state index contributed by atoms with van der Waals surface area (Å²) in [6.07, 6.45) is 5.70. The number of benzene rings is 1. The first-order chi connectivity index (χ1) is 12.2. The number of carbonyl (C=O) groups is 2. The van der Waals surface area contributed by atoms with Crippen molar-refractivity contribution in [3.63, 3.8) is 0 Å².